The zero-order valence-corrected chi connectivity index (χ0v) is 12.3. The maximum absolute atomic E-state index is 12.1. The Balaban J connectivity index is 2.56. The van der Waals surface area contributed by atoms with E-state index in [2.05, 4.69) is 36.3 Å². The van der Waals surface area contributed by atoms with Crippen LogP contribution < -0.4 is 5.32 Å². The lowest BCUT2D eigenvalue weighted by Gasteiger charge is -2.17. The van der Waals surface area contributed by atoms with Crippen LogP contribution >= 0.6 is 0 Å². The molecule has 0 spiro atoms. The van der Waals surface area contributed by atoms with E-state index in [-0.39, 0.29) is 5.91 Å². The topological polar surface area (TPSA) is 58.1 Å². The molecule has 1 N–H and O–H groups in total. The highest BCUT2D eigenvalue weighted by Gasteiger charge is 2.13. The molecule has 5 heteroatoms. The van der Waals surface area contributed by atoms with Crippen molar-refractivity contribution in [2.75, 3.05) is 25.5 Å². The summed E-state index contributed by atoms with van der Waals surface area (Å²) in [5.74, 6) is 1.22. The van der Waals surface area contributed by atoms with Crippen molar-refractivity contribution in [1.82, 2.24) is 15.1 Å². The minimum absolute atomic E-state index is 0.0739. The van der Waals surface area contributed by atoms with Gasteiger partial charge in [-0.1, -0.05) is 20.8 Å². The van der Waals surface area contributed by atoms with Crippen LogP contribution in [-0.2, 0) is 0 Å². The van der Waals surface area contributed by atoms with Crippen molar-refractivity contribution < 1.29 is 4.79 Å². The molecule has 0 saturated heterocycles. The maximum atomic E-state index is 12.1. The third-order valence-electron chi connectivity index (χ3n) is 2.83. The molecule has 19 heavy (non-hydrogen) atoms. The molecule has 0 radical (unpaired) electrons. The Kier molecular flexibility index (Phi) is 6.25. The van der Waals surface area contributed by atoms with Crippen molar-refractivity contribution in [2.24, 2.45) is 5.92 Å². The van der Waals surface area contributed by atoms with E-state index in [0.717, 1.165) is 25.9 Å². The molecule has 0 fully saturated rings. The highest BCUT2D eigenvalue weighted by Crippen LogP contribution is 2.06. The van der Waals surface area contributed by atoms with Crippen LogP contribution in [0.25, 0.3) is 0 Å². The number of anilines is 1. The van der Waals surface area contributed by atoms with E-state index in [4.69, 9.17) is 0 Å². The van der Waals surface area contributed by atoms with Crippen molar-refractivity contribution >= 4 is 11.7 Å². The Labute approximate surface area is 115 Å². The SMILES string of the molecule is CCCNc1ccc(C(=O)N(C)CCC(C)C)nn1. The third-order valence-corrected chi connectivity index (χ3v) is 2.83. The number of amides is 1. The Morgan fingerprint density at radius 3 is 2.63 bits per heavy atom. The standard InChI is InChI=1S/C14H24N4O/c1-5-9-15-13-7-6-12(16-17-13)14(19)18(4)10-8-11(2)3/h6-7,11H,5,8-10H2,1-4H3,(H,15,17). The molecule has 1 aromatic heterocycles. The molecule has 5 nitrogen and oxygen atoms in total. The highest BCUT2D eigenvalue weighted by atomic mass is 16.2. The van der Waals surface area contributed by atoms with E-state index in [1.54, 1.807) is 24.1 Å². The summed E-state index contributed by atoms with van der Waals surface area (Å²) >= 11 is 0. The second-order valence-corrected chi connectivity index (χ2v) is 5.14. The second-order valence-electron chi connectivity index (χ2n) is 5.14. The Morgan fingerprint density at radius 1 is 1.37 bits per heavy atom. The number of hydrogen-bond donors (Lipinski definition) is 1. The molecule has 0 aliphatic rings. The summed E-state index contributed by atoms with van der Waals surface area (Å²) < 4.78 is 0. The summed E-state index contributed by atoms with van der Waals surface area (Å²) in [5, 5.41) is 11.1. The predicted octanol–water partition coefficient (Wildman–Crippen LogP) is 2.42. The Morgan fingerprint density at radius 2 is 2.11 bits per heavy atom. The molecule has 0 atom stereocenters. The molecule has 1 rings (SSSR count). The van der Waals surface area contributed by atoms with Crippen LogP contribution in [0.5, 0.6) is 0 Å². The molecule has 0 aromatic carbocycles. The van der Waals surface area contributed by atoms with Gasteiger partial charge in [-0.3, -0.25) is 4.79 Å². The summed E-state index contributed by atoms with van der Waals surface area (Å²) in [7, 11) is 1.80. The lowest BCUT2D eigenvalue weighted by atomic mass is 10.1. The molecule has 1 amide bonds. The highest BCUT2D eigenvalue weighted by molar-refractivity contribution is 5.92. The molecule has 106 valence electrons. The fourth-order valence-corrected chi connectivity index (χ4v) is 1.54. The van der Waals surface area contributed by atoms with Crippen LogP contribution in [0.15, 0.2) is 12.1 Å². The van der Waals surface area contributed by atoms with Crippen LogP contribution in [0.2, 0.25) is 0 Å². The molecular formula is C14H24N4O. The smallest absolute Gasteiger partial charge is 0.274 e. The van der Waals surface area contributed by atoms with E-state index >= 15 is 0 Å². The quantitative estimate of drug-likeness (QED) is 0.821. The summed E-state index contributed by atoms with van der Waals surface area (Å²) in [5.41, 5.74) is 0.397. The minimum Gasteiger partial charge on any atom is -0.369 e. The zero-order valence-electron chi connectivity index (χ0n) is 12.3. The summed E-state index contributed by atoms with van der Waals surface area (Å²) in [6.45, 7) is 7.98. The van der Waals surface area contributed by atoms with Gasteiger partial charge >= 0.3 is 0 Å². The van der Waals surface area contributed by atoms with Gasteiger partial charge in [0.15, 0.2) is 5.69 Å². The van der Waals surface area contributed by atoms with E-state index < -0.39 is 0 Å². The molecule has 0 saturated carbocycles. The first-order valence-corrected chi connectivity index (χ1v) is 6.87. The lowest BCUT2D eigenvalue weighted by Crippen LogP contribution is -2.29. The van der Waals surface area contributed by atoms with Gasteiger partial charge in [0.1, 0.15) is 5.82 Å². The monoisotopic (exact) mass is 264 g/mol. The molecule has 1 aromatic rings. The van der Waals surface area contributed by atoms with Gasteiger partial charge in [0.2, 0.25) is 0 Å². The van der Waals surface area contributed by atoms with Gasteiger partial charge in [0.05, 0.1) is 0 Å². The molecule has 0 aliphatic heterocycles. The first-order chi connectivity index (χ1) is 9.04. The number of nitrogens with one attached hydrogen (secondary N) is 1. The zero-order chi connectivity index (χ0) is 14.3. The number of hydrogen-bond acceptors (Lipinski definition) is 4. The molecule has 0 aliphatic carbocycles. The Bertz CT molecular complexity index is 389. The fraction of sp³-hybridized carbons (Fsp3) is 0.643. The van der Waals surface area contributed by atoms with Gasteiger partial charge in [-0.15, -0.1) is 10.2 Å². The van der Waals surface area contributed by atoms with Gasteiger partial charge in [-0.2, -0.15) is 0 Å². The molecular weight excluding hydrogens is 240 g/mol. The first kappa shape index (κ1) is 15.4. The van der Waals surface area contributed by atoms with Crippen LogP contribution in [0.4, 0.5) is 5.82 Å². The Hall–Kier alpha value is -1.65. The first-order valence-electron chi connectivity index (χ1n) is 6.87. The minimum atomic E-state index is -0.0739. The largest absolute Gasteiger partial charge is 0.369 e. The summed E-state index contributed by atoms with van der Waals surface area (Å²) in [6, 6.07) is 3.52. The van der Waals surface area contributed by atoms with Crippen LogP contribution in [0, 0.1) is 5.92 Å². The van der Waals surface area contributed by atoms with Crippen molar-refractivity contribution in [3.8, 4) is 0 Å². The predicted molar refractivity (Wildman–Crippen MR) is 77.2 cm³/mol. The van der Waals surface area contributed by atoms with Crippen molar-refractivity contribution in [1.29, 1.82) is 0 Å². The lowest BCUT2D eigenvalue weighted by molar-refractivity contribution is 0.0782. The average molecular weight is 264 g/mol. The number of carbonyl (C=O) groups excluding carboxylic acids is 1. The number of aromatic nitrogens is 2. The number of nitrogens with zero attached hydrogens (tertiary/aromatic N) is 3. The van der Waals surface area contributed by atoms with E-state index in [1.807, 2.05) is 0 Å². The molecule has 1 heterocycles. The second kappa shape index (κ2) is 7.71. The molecule has 0 bridgehead atoms. The van der Waals surface area contributed by atoms with Gasteiger partial charge < -0.3 is 10.2 Å². The number of rotatable bonds is 7. The van der Waals surface area contributed by atoms with E-state index in [9.17, 15) is 4.79 Å². The van der Waals surface area contributed by atoms with E-state index in [1.165, 1.54) is 0 Å². The van der Waals surface area contributed by atoms with Gasteiger partial charge in [0, 0.05) is 20.1 Å². The molecule has 0 unspecified atom stereocenters. The van der Waals surface area contributed by atoms with E-state index in [0.29, 0.717) is 17.4 Å². The van der Waals surface area contributed by atoms with Crippen molar-refractivity contribution in [3.05, 3.63) is 17.8 Å². The number of carbonyl (C=O) groups is 1. The van der Waals surface area contributed by atoms with Gasteiger partial charge in [-0.05, 0) is 30.9 Å². The van der Waals surface area contributed by atoms with Crippen LogP contribution in [-0.4, -0.2) is 41.1 Å². The summed E-state index contributed by atoms with van der Waals surface area (Å²) in [6.07, 6.45) is 2.02. The van der Waals surface area contributed by atoms with Gasteiger partial charge in [-0.25, -0.2) is 0 Å². The van der Waals surface area contributed by atoms with Crippen molar-refractivity contribution in [3.63, 3.8) is 0 Å². The normalized spacial score (nSPS) is 10.6. The van der Waals surface area contributed by atoms with Gasteiger partial charge in [0.25, 0.3) is 5.91 Å². The van der Waals surface area contributed by atoms with Crippen LogP contribution in [0.1, 0.15) is 44.1 Å². The van der Waals surface area contributed by atoms with Crippen molar-refractivity contribution in [2.45, 2.75) is 33.6 Å². The van der Waals surface area contributed by atoms with Crippen LogP contribution in [0.3, 0.4) is 0 Å². The third kappa shape index (κ3) is 5.24. The summed E-state index contributed by atoms with van der Waals surface area (Å²) in [4.78, 5) is 13.8. The average Bonchev–Trinajstić information content (AvgIpc) is 2.42. The fourth-order valence-electron chi connectivity index (χ4n) is 1.54. The maximum Gasteiger partial charge on any atom is 0.274 e.